The molecule has 0 spiro atoms. The van der Waals surface area contributed by atoms with Crippen LogP contribution in [-0.2, 0) is 0 Å². The van der Waals surface area contributed by atoms with Gasteiger partial charge in [0.15, 0.2) is 0 Å². The number of halogens is 1. The molecule has 0 aromatic rings. The Kier molecular flexibility index (Phi) is 2.95. The Morgan fingerprint density at radius 3 is 2.77 bits per heavy atom. The molecule has 3 unspecified atom stereocenters. The third-order valence-corrected chi connectivity index (χ3v) is 3.74. The van der Waals surface area contributed by atoms with Gasteiger partial charge >= 0.3 is 0 Å². The zero-order valence-corrected chi connectivity index (χ0v) is 8.82. The molecule has 74 valence electrons. The number of nitrogens with one attached hydrogen (secondary N) is 1. The number of hydrogen-bond acceptors (Lipinski definition) is 1. The molecule has 1 nitrogen and oxygen atoms in total. The highest BCUT2D eigenvalue weighted by atomic mass is 35.5. The van der Waals surface area contributed by atoms with Gasteiger partial charge in [0.1, 0.15) is 0 Å². The van der Waals surface area contributed by atoms with Gasteiger partial charge in [0.2, 0.25) is 0 Å². The summed E-state index contributed by atoms with van der Waals surface area (Å²) in [6, 6.07) is 0. The quantitative estimate of drug-likeness (QED) is 0.735. The van der Waals surface area contributed by atoms with Gasteiger partial charge in [-0.15, -0.1) is 0 Å². The molecule has 2 bridgehead atoms. The van der Waals surface area contributed by atoms with E-state index >= 15 is 0 Å². The van der Waals surface area contributed by atoms with Crippen LogP contribution < -0.4 is 5.32 Å². The van der Waals surface area contributed by atoms with Crippen molar-refractivity contribution in [2.45, 2.75) is 25.7 Å². The van der Waals surface area contributed by atoms with Crippen LogP contribution in [0.2, 0.25) is 0 Å². The second-order valence-corrected chi connectivity index (χ2v) is 5.12. The summed E-state index contributed by atoms with van der Waals surface area (Å²) >= 11 is 5.69. The van der Waals surface area contributed by atoms with Gasteiger partial charge in [0.25, 0.3) is 0 Å². The van der Waals surface area contributed by atoms with Crippen LogP contribution >= 0.6 is 11.6 Å². The Bertz CT molecular complexity index is 202. The van der Waals surface area contributed by atoms with Gasteiger partial charge in [-0.3, -0.25) is 0 Å². The summed E-state index contributed by atoms with van der Waals surface area (Å²) in [6.07, 6.45) is 5.91. The molecule has 0 amide bonds. The maximum Gasteiger partial charge on any atom is 0.0307 e. The third-order valence-electron chi connectivity index (χ3n) is 3.61. The van der Waals surface area contributed by atoms with Crippen LogP contribution in [0.25, 0.3) is 0 Å². The molecule has 0 heterocycles. The van der Waals surface area contributed by atoms with Crippen molar-refractivity contribution in [3.05, 3.63) is 11.6 Å². The van der Waals surface area contributed by atoms with Crippen molar-refractivity contribution in [3.63, 3.8) is 0 Å². The van der Waals surface area contributed by atoms with E-state index in [1.54, 1.807) is 0 Å². The van der Waals surface area contributed by atoms with Gasteiger partial charge in [-0.1, -0.05) is 24.6 Å². The van der Waals surface area contributed by atoms with Crippen LogP contribution in [0.1, 0.15) is 25.7 Å². The first kappa shape index (κ1) is 9.54. The molecule has 1 N–H and O–H groups in total. The maximum absolute atomic E-state index is 5.69. The van der Waals surface area contributed by atoms with E-state index in [2.05, 4.69) is 11.9 Å². The molecule has 13 heavy (non-hydrogen) atoms. The van der Waals surface area contributed by atoms with E-state index in [1.807, 2.05) is 0 Å². The molecule has 2 fully saturated rings. The molecule has 2 saturated carbocycles. The van der Waals surface area contributed by atoms with Crippen molar-refractivity contribution >= 4 is 11.6 Å². The average Bonchev–Trinajstić information content (AvgIpc) is 2.64. The molecule has 0 aliphatic heterocycles. The van der Waals surface area contributed by atoms with Crippen LogP contribution in [0, 0.1) is 17.8 Å². The first-order valence-corrected chi connectivity index (χ1v) is 5.67. The lowest BCUT2D eigenvalue weighted by molar-refractivity contribution is 0.322. The van der Waals surface area contributed by atoms with E-state index in [4.69, 9.17) is 11.6 Å². The van der Waals surface area contributed by atoms with E-state index < -0.39 is 0 Å². The van der Waals surface area contributed by atoms with E-state index in [0.717, 1.165) is 35.9 Å². The largest absolute Gasteiger partial charge is 0.312 e. The standard InChI is InChI=1S/C11H18ClN/c1-8(12)6-13-7-11-5-9-2-3-10(11)4-9/h9-11,13H,1-7H2. The fraction of sp³-hybridized carbons (Fsp3) is 0.818. The molecule has 0 radical (unpaired) electrons. The van der Waals surface area contributed by atoms with Crippen molar-refractivity contribution in [2.75, 3.05) is 13.1 Å². The maximum atomic E-state index is 5.69. The molecule has 0 aromatic carbocycles. The molecular formula is C11H18ClN. The minimum absolute atomic E-state index is 0.725. The summed E-state index contributed by atoms with van der Waals surface area (Å²) in [5, 5.41) is 4.11. The highest BCUT2D eigenvalue weighted by Gasteiger charge is 2.38. The van der Waals surface area contributed by atoms with Crippen molar-refractivity contribution in [1.29, 1.82) is 0 Å². The number of hydrogen-bond donors (Lipinski definition) is 1. The number of rotatable bonds is 4. The van der Waals surface area contributed by atoms with Gasteiger partial charge in [-0.05, 0) is 43.6 Å². The van der Waals surface area contributed by atoms with Gasteiger partial charge in [-0.2, -0.15) is 0 Å². The summed E-state index contributed by atoms with van der Waals surface area (Å²) < 4.78 is 0. The Labute approximate surface area is 85.5 Å². The van der Waals surface area contributed by atoms with Crippen molar-refractivity contribution in [3.8, 4) is 0 Å². The van der Waals surface area contributed by atoms with Crippen molar-refractivity contribution < 1.29 is 0 Å². The lowest BCUT2D eigenvalue weighted by Gasteiger charge is -2.21. The molecule has 2 aliphatic carbocycles. The molecule has 0 aromatic heterocycles. The second kappa shape index (κ2) is 4.02. The van der Waals surface area contributed by atoms with Crippen LogP contribution in [0.15, 0.2) is 11.6 Å². The predicted molar refractivity (Wildman–Crippen MR) is 56.8 cm³/mol. The highest BCUT2D eigenvalue weighted by Crippen LogP contribution is 2.47. The van der Waals surface area contributed by atoms with Gasteiger partial charge < -0.3 is 5.32 Å². The van der Waals surface area contributed by atoms with Gasteiger partial charge in [-0.25, -0.2) is 0 Å². The zero-order chi connectivity index (χ0) is 9.26. The fourth-order valence-corrected chi connectivity index (χ4v) is 3.11. The Morgan fingerprint density at radius 2 is 2.23 bits per heavy atom. The molecular weight excluding hydrogens is 182 g/mol. The topological polar surface area (TPSA) is 12.0 Å². The third kappa shape index (κ3) is 2.26. The van der Waals surface area contributed by atoms with Gasteiger partial charge in [0.05, 0.1) is 0 Å². The second-order valence-electron chi connectivity index (χ2n) is 4.58. The summed E-state index contributed by atoms with van der Waals surface area (Å²) in [7, 11) is 0. The van der Waals surface area contributed by atoms with E-state index in [-0.39, 0.29) is 0 Å². The van der Waals surface area contributed by atoms with Crippen LogP contribution in [0.5, 0.6) is 0 Å². The summed E-state index contributed by atoms with van der Waals surface area (Å²) in [5.74, 6) is 2.99. The minimum atomic E-state index is 0.725. The lowest BCUT2D eigenvalue weighted by Crippen LogP contribution is -2.27. The van der Waals surface area contributed by atoms with Crippen molar-refractivity contribution in [2.24, 2.45) is 17.8 Å². The first-order valence-electron chi connectivity index (χ1n) is 5.29. The van der Waals surface area contributed by atoms with E-state index in [9.17, 15) is 0 Å². The molecule has 2 heteroatoms. The zero-order valence-electron chi connectivity index (χ0n) is 8.06. The highest BCUT2D eigenvalue weighted by molar-refractivity contribution is 6.29. The monoisotopic (exact) mass is 199 g/mol. The lowest BCUT2D eigenvalue weighted by atomic mass is 9.89. The molecule has 2 rings (SSSR count). The molecule has 3 atom stereocenters. The van der Waals surface area contributed by atoms with Crippen LogP contribution in [0.4, 0.5) is 0 Å². The van der Waals surface area contributed by atoms with Crippen LogP contribution in [-0.4, -0.2) is 13.1 Å². The Morgan fingerprint density at radius 1 is 1.38 bits per heavy atom. The minimum Gasteiger partial charge on any atom is -0.312 e. The van der Waals surface area contributed by atoms with Crippen molar-refractivity contribution in [1.82, 2.24) is 5.32 Å². The summed E-state index contributed by atoms with van der Waals surface area (Å²) in [5.41, 5.74) is 0. The Balaban J connectivity index is 1.68. The normalized spacial score (nSPS) is 36.8. The summed E-state index contributed by atoms with van der Waals surface area (Å²) in [6.45, 7) is 5.59. The van der Waals surface area contributed by atoms with E-state index in [1.165, 1.54) is 25.7 Å². The predicted octanol–water partition coefficient (Wildman–Crippen LogP) is 2.76. The van der Waals surface area contributed by atoms with Gasteiger partial charge in [0, 0.05) is 11.6 Å². The smallest absolute Gasteiger partial charge is 0.0307 e. The van der Waals surface area contributed by atoms with Crippen LogP contribution in [0.3, 0.4) is 0 Å². The van der Waals surface area contributed by atoms with E-state index in [0.29, 0.717) is 0 Å². The fourth-order valence-electron chi connectivity index (χ4n) is 3.02. The SMILES string of the molecule is C=C(Cl)CNCC1CC2CCC1C2. The Hall–Kier alpha value is -0.0100. The summed E-state index contributed by atoms with van der Waals surface area (Å²) in [4.78, 5) is 0. The number of fused-ring (bicyclic) bond motifs is 2. The molecule has 2 aliphatic rings. The first-order chi connectivity index (χ1) is 6.25. The average molecular weight is 200 g/mol. The molecule has 0 saturated heterocycles.